The van der Waals surface area contributed by atoms with Crippen LogP contribution >= 0.6 is 23.4 Å². The van der Waals surface area contributed by atoms with Gasteiger partial charge in [-0.15, -0.1) is 0 Å². The Labute approximate surface area is 132 Å². The molecule has 114 valence electrons. The molecule has 3 rings (SSSR count). The lowest BCUT2D eigenvalue weighted by Crippen LogP contribution is -2.42. The maximum absolute atomic E-state index is 13.9. The van der Waals surface area contributed by atoms with Crippen LogP contribution in [-0.4, -0.2) is 53.5 Å². The molecule has 1 aromatic rings. The van der Waals surface area contributed by atoms with E-state index in [9.17, 15) is 9.18 Å². The smallest absolute Gasteiger partial charge is 0.227 e. The van der Waals surface area contributed by atoms with Crippen LogP contribution in [0.25, 0.3) is 0 Å². The lowest BCUT2D eigenvalue weighted by atomic mass is 10.1. The fourth-order valence-electron chi connectivity index (χ4n) is 2.84. The molecule has 2 aliphatic heterocycles. The Morgan fingerprint density at radius 3 is 2.86 bits per heavy atom. The molecule has 2 saturated heterocycles. The minimum atomic E-state index is -0.426. The van der Waals surface area contributed by atoms with Crippen molar-refractivity contribution < 1.29 is 9.18 Å². The molecule has 0 N–H and O–H groups in total. The van der Waals surface area contributed by atoms with Crippen molar-refractivity contribution in [3.05, 3.63) is 23.1 Å². The Kier molecular flexibility index (Phi) is 4.54. The number of carbonyl (C=O) groups is 1. The van der Waals surface area contributed by atoms with Crippen molar-refractivity contribution in [3.8, 4) is 0 Å². The Bertz CT molecular complexity index is 539. The number of pyridine rings is 1. The molecule has 0 bridgehead atoms. The average Bonchev–Trinajstić information content (AvgIpc) is 2.97. The second kappa shape index (κ2) is 6.40. The topological polar surface area (TPSA) is 36.4 Å². The van der Waals surface area contributed by atoms with E-state index < -0.39 is 5.82 Å². The minimum absolute atomic E-state index is 0.0509. The van der Waals surface area contributed by atoms with Gasteiger partial charge in [0, 0.05) is 43.9 Å². The van der Waals surface area contributed by atoms with E-state index in [1.165, 1.54) is 12.3 Å². The number of hydrogen-bond donors (Lipinski definition) is 0. The first-order chi connectivity index (χ1) is 10.1. The molecule has 1 amide bonds. The van der Waals surface area contributed by atoms with Crippen molar-refractivity contribution in [1.82, 2.24) is 9.88 Å². The van der Waals surface area contributed by atoms with E-state index in [1.807, 2.05) is 21.6 Å². The van der Waals surface area contributed by atoms with Gasteiger partial charge in [-0.1, -0.05) is 11.6 Å². The van der Waals surface area contributed by atoms with E-state index in [1.54, 1.807) is 0 Å². The lowest BCUT2D eigenvalue weighted by Gasteiger charge is -2.29. The van der Waals surface area contributed by atoms with Crippen LogP contribution in [0, 0.1) is 11.7 Å². The highest BCUT2D eigenvalue weighted by atomic mass is 35.5. The zero-order valence-electron chi connectivity index (χ0n) is 11.6. The minimum Gasteiger partial charge on any atom is -0.353 e. The monoisotopic (exact) mass is 329 g/mol. The van der Waals surface area contributed by atoms with Crippen molar-refractivity contribution in [2.24, 2.45) is 5.92 Å². The first kappa shape index (κ1) is 14.9. The summed E-state index contributed by atoms with van der Waals surface area (Å²) in [5.41, 5.74) is 0. The maximum Gasteiger partial charge on any atom is 0.227 e. The van der Waals surface area contributed by atoms with Crippen molar-refractivity contribution in [2.75, 3.05) is 42.6 Å². The zero-order chi connectivity index (χ0) is 14.8. The van der Waals surface area contributed by atoms with Gasteiger partial charge in [-0.05, 0) is 12.5 Å². The van der Waals surface area contributed by atoms with Gasteiger partial charge in [0.1, 0.15) is 0 Å². The van der Waals surface area contributed by atoms with Gasteiger partial charge >= 0.3 is 0 Å². The van der Waals surface area contributed by atoms with E-state index in [0.29, 0.717) is 18.9 Å². The predicted octanol–water partition coefficient (Wildman–Crippen LogP) is 2.28. The number of halogens is 2. The quantitative estimate of drug-likeness (QED) is 0.834. The number of amides is 1. The van der Waals surface area contributed by atoms with Crippen molar-refractivity contribution in [1.29, 1.82) is 0 Å². The van der Waals surface area contributed by atoms with Crippen LogP contribution < -0.4 is 4.90 Å². The third-order valence-corrected chi connectivity index (χ3v) is 5.10. The molecule has 1 aromatic heterocycles. The fourth-order valence-corrected chi connectivity index (χ4v) is 3.88. The molecule has 0 saturated carbocycles. The van der Waals surface area contributed by atoms with Crippen LogP contribution in [0.1, 0.15) is 6.42 Å². The second-order valence-corrected chi connectivity index (χ2v) is 6.99. The normalized spacial score (nSPS) is 22.7. The average molecular weight is 330 g/mol. The molecule has 21 heavy (non-hydrogen) atoms. The van der Waals surface area contributed by atoms with Crippen molar-refractivity contribution >= 4 is 35.1 Å². The van der Waals surface area contributed by atoms with Crippen LogP contribution in [0.3, 0.4) is 0 Å². The standard InChI is InChI=1S/C14H17ClFN3OS/c15-11-7-12(16)13(17-8-11)19-2-1-10(9-19)14(20)18-3-5-21-6-4-18/h7-8,10H,1-6,9H2. The highest BCUT2D eigenvalue weighted by Gasteiger charge is 2.33. The number of carbonyl (C=O) groups excluding carboxylic acids is 1. The molecule has 2 aliphatic rings. The fraction of sp³-hybridized carbons (Fsp3) is 0.571. The molecule has 7 heteroatoms. The van der Waals surface area contributed by atoms with Gasteiger partial charge in [-0.3, -0.25) is 4.79 Å². The summed E-state index contributed by atoms with van der Waals surface area (Å²) in [4.78, 5) is 20.3. The van der Waals surface area contributed by atoms with Gasteiger partial charge in [0.15, 0.2) is 11.6 Å². The Morgan fingerprint density at radius 2 is 2.14 bits per heavy atom. The van der Waals surface area contributed by atoms with Gasteiger partial charge in [0.05, 0.1) is 10.9 Å². The summed E-state index contributed by atoms with van der Waals surface area (Å²) < 4.78 is 13.9. The summed E-state index contributed by atoms with van der Waals surface area (Å²) in [5.74, 6) is 2.04. The summed E-state index contributed by atoms with van der Waals surface area (Å²) in [5, 5.41) is 0.286. The molecule has 1 unspecified atom stereocenters. The Balaban J connectivity index is 1.66. The molecule has 4 nitrogen and oxygen atoms in total. The van der Waals surface area contributed by atoms with Crippen LogP contribution in [0.2, 0.25) is 5.02 Å². The van der Waals surface area contributed by atoms with Crippen LogP contribution in [0.4, 0.5) is 10.2 Å². The second-order valence-electron chi connectivity index (χ2n) is 5.33. The molecule has 1 atom stereocenters. The highest BCUT2D eigenvalue weighted by molar-refractivity contribution is 7.99. The number of thioether (sulfide) groups is 1. The zero-order valence-corrected chi connectivity index (χ0v) is 13.2. The molecule has 2 fully saturated rings. The molecule has 0 aliphatic carbocycles. The number of hydrogen-bond acceptors (Lipinski definition) is 4. The highest BCUT2D eigenvalue weighted by Crippen LogP contribution is 2.27. The first-order valence-corrected chi connectivity index (χ1v) is 8.61. The van der Waals surface area contributed by atoms with Gasteiger partial charge < -0.3 is 9.80 Å². The van der Waals surface area contributed by atoms with Crippen LogP contribution in [0.15, 0.2) is 12.3 Å². The van der Waals surface area contributed by atoms with E-state index in [2.05, 4.69) is 4.98 Å². The summed E-state index contributed by atoms with van der Waals surface area (Å²) in [7, 11) is 0. The largest absolute Gasteiger partial charge is 0.353 e. The van der Waals surface area contributed by atoms with Gasteiger partial charge in [0.25, 0.3) is 0 Å². The molecule has 0 radical (unpaired) electrons. The number of anilines is 1. The van der Waals surface area contributed by atoms with Crippen LogP contribution in [-0.2, 0) is 4.79 Å². The van der Waals surface area contributed by atoms with Crippen molar-refractivity contribution in [2.45, 2.75) is 6.42 Å². The molecular formula is C14H17ClFN3OS. The third kappa shape index (κ3) is 3.26. The molecular weight excluding hydrogens is 313 g/mol. The Hall–Kier alpha value is -1.01. The van der Waals surface area contributed by atoms with Gasteiger partial charge in [-0.2, -0.15) is 11.8 Å². The van der Waals surface area contributed by atoms with E-state index in [-0.39, 0.29) is 16.8 Å². The summed E-state index contributed by atoms with van der Waals surface area (Å²) in [6.45, 7) is 2.85. The Morgan fingerprint density at radius 1 is 1.38 bits per heavy atom. The molecule has 0 spiro atoms. The number of aromatic nitrogens is 1. The molecule has 3 heterocycles. The van der Waals surface area contributed by atoms with Crippen molar-refractivity contribution in [3.63, 3.8) is 0 Å². The summed E-state index contributed by atoms with van der Waals surface area (Å²) in [6, 6.07) is 1.26. The lowest BCUT2D eigenvalue weighted by molar-refractivity contribution is -0.134. The van der Waals surface area contributed by atoms with Crippen LogP contribution in [0.5, 0.6) is 0 Å². The molecule has 0 aromatic carbocycles. The summed E-state index contributed by atoms with van der Waals surface area (Å²) >= 11 is 7.60. The van der Waals surface area contributed by atoms with Gasteiger partial charge in [0.2, 0.25) is 5.91 Å². The SMILES string of the molecule is O=C(C1CCN(c2ncc(Cl)cc2F)C1)N1CCSCC1. The van der Waals surface area contributed by atoms with E-state index >= 15 is 0 Å². The maximum atomic E-state index is 13.9. The van der Waals surface area contributed by atoms with Gasteiger partial charge in [-0.25, -0.2) is 9.37 Å². The van der Waals surface area contributed by atoms with E-state index in [0.717, 1.165) is 31.0 Å². The summed E-state index contributed by atoms with van der Waals surface area (Å²) in [6.07, 6.45) is 2.20. The first-order valence-electron chi connectivity index (χ1n) is 7.07. The predicted molar refractivity (Wildman–Crippen MR) is 83.4 cm³/mol. The number of nitrogens with zero attached hydrogens (tertiary/aromatic N) is 3. The third-order valence-electron chi connectivity index (χ3n) is 3.95. The van der Waals surface area contributed by atoms with E-state index in [4.69, 9.17) is 11.6 Å². The number of rotatable bonds is 2.